The van der Waals surface area contributed by atoms with Crippen LogP contribution >= 0.6 is 0 Å². The molecular formula is C21H20N6O2. The second-order valence-electron chi connectivity index (χ2n) is 7.50. The molecule has 1 aromatic carbocycles. The number of aliphatic hydroxyl groups is 1. The number of aryl methyl sites for hydroxylation is 1. The van der Waals surface area contributed by atoms with Crippen molar-refractivity contribution in [2.24, 2.45) is 5.92 Å². The SMILES string of the molecule is Cc1ccn2c(C(=O)N3C[C@@H](Cc4ccc5ccccc5n4)[C@H](O)C3)nnc2n1. The lowest BCUT2D eigenvalue weighted by Crippen LogP contribution is -2.31. The largest absolute Gasteiger partial charge is 0.391 e. The fraction of sp³-hybridized carbons (Fsp3) is 0.286. The normalized spacial score (nSPS) is 19.3. The molecule has 1 amide bonds. The number of hydrogen-bond acceptors (Lipinski definition) is 6. The van der Waals surface area contributed by atoms with Crippen LogP contribution in [0.1, 0.15) is 22.0 Å². The quantitative estimate of drug-likeness (QED) is 0.573. The molecule has 1 aliphatic heterocycles. The number of para-hydroxylation sites is 1. The van der Waals surface area contributed by atoms with Crippen LogP contribution in [-0.4, -0.2) is 59.7 Å². The Labute approximate surface area is 166 Å². The molecule has 0 bridgehead atoms. The number of nitrogens with zero attached hydrogens (tertiary/aromatic N) is 6. The van der Waals surface area contributed by atoms with E-state index in [2.05, 4.69) is 15.2 Å². The smallest absolute Gasteiger partial charge is 0.292 e. The van der Waals surface area contributed by atoms with Crippen molar-refractivity contribution in [3.05, 3.63) is 65.9 Å². The molecule has 0 saturated carbocycles. The van der Waals surface area contributed by atoms with Crippen molar-refractivity contribution in [1.82, 2.24) is 29.5 Å². The molecule has 2 atom stereocenters. The summed E-state index contributed by atoms with van der Waals surface area (Å²) >= 11 is 0. The lowest BCUT2D eigenvalue weighted by molar-refractivity contribution is 0.0751. The number of fused-ring (bicyclic) bond motifs is 2. The summed E-state index contributed by atoms with van der Waals surface area (Å²) in [6.07, 6.45) is 1.75. The van der Waals surface area contributed by atoms with Crippen molar-refractivity contribution in [3.8, 4) is 0 Å². The third-order valence-electron chi connectivity index (χ3n) is 5.43. The van der Waals surface area contributed by atoms with Gasteiger partial charge in [-0.3, -0.25) is 14.2 Å². The van der Waals surface area contributed by atoms with Gasteiger partial charge in [0.05, 0.1) is 11.6 Å². The van der Waals surface area contributed by atoms with E-state index in [0.717, 1.165) is 22.3 Å². The summed E-state index contributed by atoms with van der Waals surface area (Å²) in [6, 6.07) is 13.8. The number of likely N-dealkylation sites (tertiary alicyclic amines) is 1. The molecule has 1 aliphatic rings. The average molecular weight is 388 g/mol. The van der Waals surface area contributed by atoms with E-state index in [4.69, 9.17) is 4.98 Å². The highest BCUT2D eigenvalue weighted by Gasteiger charge is 2.36. The van der Waals surface area contributed by atoms with Crippen molar-refractivity contribution in [2.75, 3.05) is 13.1 Å². The Hall–Kier alpha value is -3.39. The minimum Gasteiger partial charge on any atom is -0.391 e. The maximum atomic E-state index is 13.0. The average Bonchev–Trinajstić information content (AvgIpc) is 3.30. The predicted molar refractivity (Wildman–Crippen MR) is 106 cm³/mol. The van der Waals surface area contributed by atoms with Crippen molar-refractivity contribution >= 4 is 22.6 Å². The summed E-state index contributed by atoms with van der Waals surface area (Å²) in [4.78, 5) is 23.6. The van der Waals surface area contributed by atoms with Crippen molar-refractivity contribution < 1.29 is 9.90 Å². The van der Waals surface area contributed by atoms with Gasteiger partial charge >= 0.3 is 0 Å². The fourth-order valence-electron chi connectivity index (χ4n) is 3.87. The number of pyridine rings is 1. The van der Waals surface area contributed by atoms with Crippen LogP contribution in [0.25, 0.3) is 16.7 Å². The first-order valence-electron chi connectivity index (χ1n) is 9.59. The molecule has 29 heavy (non-hydrogen) atoms. The van der Waals surface area contributed by atoms with Gasteiger partial charge in [0.2, 0.25) is 5.82 Å². The summed E-state index contributed by atoms with van der Waals surface area (Å²) in [5, 5.41) is 19.6. The van der Waals surface area contributed by atoms with Crippen LogP contribution in [0.5, 0.6) is 0 Å². The number of hydrogen-bond donors (Lipinski definition) is 1. The molecule has 1 saturated heterocycles. The Kier molecular flexibility index (Phi) is 4.21. The Balaban J connectivity index is 1.34. The molecule has 0 spiro atoms. The third-order valence-corrected chi connectivity index (χ3v) is 5.43. The molecular weight excluding hydrogens is 368 g/mol. The second kappa shape index (κ2) is 6.89. The van der Waals surface area contributed by atoms with E-state index >= 15 is 0 Å². The zero-order valence-corrected chi connectivity index (χ0v) is 15.9. The summed E-state index contributed by atoms with van der Waals surface area (Å²) in [5.74, 6) is 0.275. The lowest BCUT2D eigenvalue weighted by Gasteiger charge is -2.15. The lowest BCUT2D eigenvalue weighted by atomic mass is 9.99. The van der Waals surface area contributed by atoms with E-state index in [9.17, 15) is 9.90 Å². The molecule has 0 aliphatic carbocycles. The van der Waals surface area contributed by atoms with Gasteiger partial charge in [0.25, 0.3) is 11.7 Å². The maximum Gasteiger partial charge on any atom is 0.292 e. The summed E-state index contributed by atoms with van der Waals surface area (Å²) < 4.78 is 1.58. The first kappa shape index (κ1) is 17.7. The van der Waals surface area contributed by atoms with Gasteiger partial charge in [-0.15, -0.1) is 10.2 Å². The predicted octanol–water partition coefficient (Wildman–Crippen LogP) is 1.66. The molecule has 0 radical (unpaired) electrons. The molecule has 1 N–H and O–H groups in total. The van der Waals surface area contributed by atoms with Crippen molar-refractivity contribution in [3.63, 3.8) is 0 Å². The Morgan fingerprint density at radius 1 is 1.10 bits per heavy atom. The van der Waals surface area contributed by atoms with Gasteiger partial charge in [0.1, 0.15) is 0 Å². The van der Waals surface area contributed by atoms with Crippen LogP contribution in [0.15, 0.2) is 48.7 Å². The molecule has 4 aromatic rings. The van der Waals surface area contributed by atoms with E-state index in [-0.39, 0.29) is 24.2 Å². The van der Waals surface area contributed by atoms with Gasteiger partial charge in [0, 0.05) is 42.0 Å². The van der Waals surface area contributed by atoms with Crippen LogP contribution in [-0.2, 0) is 6.42 Å². The minimum absolute atomic E-state index is 0.0767. The number of carbonyl (C=O) groups is 1. The Bertz CT molecular complexity index is 1220. The highest BCUT2D eigenvalue weighted by molar-refractivity contribution is 5.91. The standard InChI is InChI=1S/C21H20N6O2/c1-13-8-9-27-19(24-25-21(27)22-13)20(29)26-11-15(18(28)12-26)10-16-7-6-14-4-2-3-5-17(14)23-16/h2-9,15,18,28H,10-12H2,1H3/t15-,18-/m1/s1. The Morgan fingerprint density at radius 2 is 1.97 bits per heavy atom. The van der Waals surface area contributed by atoms with Gasteiger partial charge in [-0.1, -0.05) is 24.3 Å². The fourth-order valence-corrected chi connectivity index (χ4v) is 3.87. The molecule has 8 heteroatoms. The zero-order valence-electron chi connectivity index (χ0n) is 15.9. The monoisotopic (exact) mass is 388 g/mol. The molecule has 8 nitrogen and oxygen atoms in total. The first-order valence-corrected chi connectivity index (χ1v) is 9.59. The molecule has 1 fully saturated rings. The second-order valence-corrected chi connectivity index (χ2v) is 7.50. The van der Waals surface area contributed by atoms with Crippen LogP contribution in [0, 0.1) is 12.8 Å². The topological polar surface area (TPSA) is 96.5 Å². The molecule has 5 rings (SSSR count). The number of aliphatic hydroxyl groups excluding tert-OH is 1. The molecule has 3 aromatic heterocycles. The van der Waals surface area contributed by atoms with E-state index in [1.807, 2.05) is 43.3 Å². The molecule has 4 heterocycles. The highest BCUT2D eigenvalue weighted by atomic mass is 16.3. The van der Waals surface area contributed by atoms with E-state index in [1.165, 1.54) is 0 Å². The maximum absolute atomic E-state index is 13.0. The number of amides is 1. The van der Waals surface area contributed by atoms with Crippen molar-refractivity contribution in [2.45, 2.75) is 19.4 Å². The van der Waals surface area contributed by atoms with Crippen LogP contribution in [0.3, 0.4) is 0 Å². The summed E-state index contributed by atoms with van der Waals surface area (Å²) in [5.41, 5.74) is 2.65. The summed E-state index contributed by atoms with van der Waals surface area (Å²) in [7, 11) is 0. The van der Waals surface area contributed by atoms with Gasteiger partial charge in [-0.2, -0.15) is 0 Å². The number of aromatic nitrogens is 5. The zero-order chi connectivity index (χ0) is 20.0. The molecule has 0 unspecified atom stereocenters. The van der Waals surface area contributed by atoms with Crippen molar-refractivity contribution in [1.29, 1.82) is 0 Å². The van der Waals surface area contributed by atoms with E-state index in [1.54, 1.807) is 21.6 Å². The number of benzene rings is 1. The first-order chi connectivity index (χ1) is 14.1. The molecule has 146 valence electrons. The van der Waals surface area contributed by atoms with Crippen LogP contribution in [0.4, 0.5) is 0 Å². The highest BCUT2D eigenvalue weighted by Crippen LogP contribution is 2.23. The van der Waals surface area contributed by atoms with Gasteiger partial charge in [0.15, 0.2) is 0 Å². The number of rotatable bonds is 3. The van der Waals surface area contributed by atoms with Gasteiger partial charge < -0.3 is 10.0 Å². The van der Waals surface area contributed by atoms with Crippen LogP contribution in [0.2, 0.25) is 0 Å². The van der Waals surface area contributed by atoms with E-state index < -0.39 is 6.10 Å². The number of carbonyl (C=O) groups excluding carboxylic acids is 1. The third kappa shape index (κ3) is 3.21. The Morgan fingerprint density at radius 3 is 2.86 bits per heavy atom. The summed E-state index contributed by atoms with van der Waals surface area (Å²) in [6.45, 7) is 2.58. The number of β-amino-alcohol motifs (C(OH)–C–C–N with tert-alkyl or cyclic N) is 1. The van der Waals surface area contributed by atoms with Gasteiger partial charge in [-0.05, 0) is 31.5 Å². The van der Waals surface area contributed by atoms with E-state index in [0.29, 0.717) is 18.7 Å². The minimum atomic E-state index is -0.605. The van der Waals surface area contributed by atoms with Gasteiger partial charge in [-0.25, -0.2) is 4.98 Å². The van der Waals surface area contributed by atoms with Crippen LogP contribution < -0.4 is 0 Å².